The number of hydrogen-bond donors (Lipinski definition) is 2. The van der Waals surface area contributed by atoms with Crippen molar-refractivity contribution in [2.24, 2.45) is 0 Å². The van der Waals surface area contributed by atoms with Crippen molar-refractivity contribution >= 4 is 61.7 Å². The van der Waals surface area contributed by atoms with Gasteiger partial charge in [0.1, 0.15) is 20.1 Å². The van der Waals surface area contributed by atoms with Crippen LogP contribution < -0.4 is 5.32 Å². The lowest BCUT2D eigenvalue weighted by atomic mass is 10.1. The monoisotopic (exact) mass is 514 g/mol. The Morgan fingerprint density at radius 3 is 2.68 bits per heavy atom. The maximum Gasteiger partial charge on any atom is 0.413 e. The maximum atomic E-state index is 12.3. The Hall–Kier alpha value is -3.46. The number of ether oxygens (including phenoxy) is 1. The van der Waals surface area contributed by atoms with Crippen LogP contribution in [0.5, 0.6) is 0 Å². The van der Waals surface area contributed by atoms with Crippen LogP contribution in [0.4, 0.5) is 10.5 Å². The molecular formula is C22H15ClN4O5S2. The largest absolute Gasteiger partial charge is 0.481 e. The van der Waals surface area contributed by atoms with Gasteiger partial charge in [0.25, 0.3) is 0 Å². The van der Waals surface area contributed by atoms with Crippen LogP contribution in [0.3, 0.4) is 0 Å². The van der Waals surface area contributed by atoms with E-state index in [2.05, 4.69) is 32.3 Å². The van der Waals surface area contributed by atoms with Gasteiger partial charge in [-0.3, -0.25) is 10.1 Å². The molecule has 0 aliphatic heterocycles. The molecule has 1 amide bonds. The molecule has 172 valence electrons. The third kappa shape index (κ3) is 4.23. The molecule has 4 aromatic rings. The molecular weight excluding hydrogens is 500 g/mol. The normalized spacial score (nSPS) is 14.8. The van der Waals surface area contributed by atoms with Gasteiger partial charge in [0, 0.05) is 5.56 Å². The molecule has 1 atom stereocenters. The summed E-state index contributed by atoms with van der Waals surface area (Å²) in [6.07, 6.45) is 0.405. The molecule has 2 N–H and O–H groups in total. The summed E-state index contributed by atoms with van der Waals surface area (Å²) in [5.74, 6) is 5.23. The molecule has 5 rings (SSSR count). The Labute approximate surface area is 205 Å². The fourth-order valence-corrected chi connectivity index (χ4v) is 5.60. The Balaban J connectivity index is 1.30. The highest BCUT2D eigenvalue weighted by Crippen LogP contribution is 2.51. The molecule has 34 heavy (non-hydrogen) atoms. The second-order valence-corrected chi connectivity index (χ2v) is 10.2. The number of aryl methyl sites for hydroxylation is 1. The van der Waals surface area contributed by atoms with Gasteiger partial charge in [-0.15, -0.1) is 11.3 Å². The predicted molar refractivity (Wildman–Crippen MR) is 126 cm³/mol. The van der Waals surface area contributed by atoms with Crippen LogP contribution in [0, 0.1) is 18.8 Å². The standard InChI is InChI=1S/C22H15ClN4O5S2/c1-11-15(25-21(30)31-16(23)12-5-3-2-4-6-12)13(27-32-11)7-8-14-24-17-18(33-14)34-19(26-17)22(9-10-22)20(28)29/h2-6,16H,9-10H2,1H3,(H,25,30)(H,28,29). The van der Waals surface area contributed by atoms with Gasteiger partial charge >= 0.3 is 12.1 Å². The summed E-state index contributed by atoms with van der Waals surface area (Å²) in [4.78, 5) is 32.6. The topological polar surface area (TPSA) is 127 Å². The van der Waals surface area contributed by atoms with Crippen molar-refractivity contribution < 1.29 is 24.0 Å². The number of fused-ring (bicyclic) bond motifs is 1. The second kappa shape index (κ2) is 8.72. The van der Waals surface area contributed by atoms with Crippen molar-refractivity contribution in [1.29, 1.82) is 0 Å². The molecule has 0 radical (unpaired) electrons. The Morgan fingerprint density at radius 2 is 2.00 bits per heavy atom. The predicted octanol–water partition coefficient (Wildman–Crippen LogP) is 5.05. The Morgan fingerprint density at radius 1 is 1.24 bits per heavy atom. The number of carbonyl (C=O) groups is 2. The highest BCUT2D eigenvalue weighted by Gasteiger charge is 2.54. The smallest absolute Gasteiger partial charge is 0.413 e. The molecule has 1 aliphatic carbocycles. The second-order valence-electron chi connectivity index (χ2n) is 7.51. The molecule has 3 heterocycles. The lowest BCUT2D eigenvalue weighted by molar-refractivity contribution is -0.140. The quantitative estimate of drug-likeness (QED) is 0.279. The number of amides is 1. The van der Waals surface area contributed by atoms with E-state index in [9.17, 15) is 14.7 Å². The van der Waals surface area contributed by atoms with Crippen molar-refractivity contribution in [2.45, 2.75) is 30.7 Å². The van der Waals surface area contributed by atoms with Gasteiger partial charge in [0.2, 0.25) is 5.56 Å². The van der Waals surface area contributed by atoms with E-state index in [1.165, 1.54) is 22.7 Å². The molecule has 9 nitrogen and oxygen atoms in total. The van der Waals surface area contributed by atoms with Gasteiger partial charge in [-0.2, -0.15) is 0 Å². The molecule has 0 spiro atoms. The van der Waals surface area contributed by atoms with E-state index >= 15 is 0 Å². The lowest BCUT2D eigenvalue weighted by Gasteiger charge is -2.11. The summed E-state index contributed by atoms with van der Waals surface area (Å²) >= 11 is 8.81. The average Bonchev–Trinajstić information content (AvgIpc) is 3.26. The molecule has 3 aromatic heterocycles. The third-order valence-electron chi connectivity index (χ3n) is 5.19. The van der Waals surface area contributed by atoms with Crippen molar-refractivity contribution in [3.63, 3.8) is 0 Å². The van der Waals surface area contributed by atoms with E-state index < -0.39 is 23.0 Å². The number of anilines is 1. The number of aromatic nitrogens is 3. The molecule has 1 unspecified atom stereocenters. The number of nitrogens with zero attached hydrogens (tertiary/aromatic N) is 3. The van der Waals surface area contributed by atoms with Crippen LogP contribution in [0.2, 0.25) is 0 Å². The number of benzene rings is 1. The number of thiazole rings is 2. The first-order valence-corrected chi connectivity index (χ1v) is 12.1. The summed E-state index contributed by atoms with van der Waals surface area (Å²) in [6.45, 7) is 1.63. The first kappa shape index (κ1) is 22.3. The first-order valence-electron chi connectivity index (χ1n) is 10.0. The zero-order valence-electron chi connectivity index (χ0n) is 17.5. The van der Waals surface area contributed by atoms with Gasteiger partial charge in [0.15, 0.2) is 22.1 Å². The van der Waals surface area contributed by atoms with E-state index in [0.717, 1.165) is 4.01 Å². The van der Waals surface area contributed by atoms with Crippen molar-refractivity contribution in [3.8, 4) is 11.8 Å². The number of halogens is 1. The molecule has 1 aliphatic rings. The van der Waals surface area contributed by atoms with E-state index in [4.69, 9.17) is 20.9 Å². The molecule has 0 saturated heterocycles. The van der Waals surface area contributed by atoms with Crippen molar-refractivity contribution in [1.82, 2.24) is 15.1 Å². The van der Waals surface area contributed by atoms with Gasteiger partial charge in [0.05, 0.1) is 0 Å². The highest BCUT2D eigenvalue weighted by molar-refractivity contribution is 7.38. The van der Waals surface area contributed by atoms with Crippen LogP contribution in [0.25, 0.3) is 9.66 Å². The molecule has 1 fully saturated rings. The van der Waals surface area contributed by atoms with Crippen LogP contribution >= 0.6 is 34.3 Å². The number of nitrogens with one attached hydrogen (secondary N) is 1. The van der Waals surface area contributed by atoms with Crippen molar-refractivity contribution in [3.05, 3.63) is 57.4 Å². The van der Waals surface area contributed by atoms with E-state index in [1.807, 2.05) is 6.07 Å². The average molecular weight is 515 g/mol. The minimum absolute atomic E-state index is 0.204. The van der Waals surface area contributed by atoms with Gasteiger partial charge in [-0.25, -0.2) is 14.8 Å². The summed E-state index contributed by atoms with van der Waals surface area (Å²) in [5.41, 5.74) is -0.229. The molecule has 12 heteroatoms. The van der Waals surface area contributed by atoms with E-state index in [0.29, 0.717) is 39.8 Å². The lowest BCUT2D eigenvalue weighted by Crippen LogP contribution is -2.18. The molecule has 1 aromatic carbocycles. The zero-order chi connectivity index (χ0) is 23.9. The summed E-state index contributed by atoms with van der Waals surface area (Å²) in [6, 6.07) is 8.90. The number of carboxylic acids is 1. The van der Waals surface area contributed by atoms with Crippen molar-refractivity contribution in [2.75, 3.05) is 5.32 Å². The van der Waals surface area contributed by atoms with Crippen LogP contribution in [0.15, 0.2) is 34.9 Å². The molecule has 0 bridgehead atoms. The summed E-state index contributed by atoms with van der Waals surface area (Å²) in [5, 5.41) is 17.0. The highest BCUT2D eigenvalue weighted by atomic mass is 35.5. The summed E-state index contributed by atoms with van der Waals surface area (Å²) < 4.78 is 11.2. The van der Waals surface area contributed by atoms with Gasteiger partial charge < -0.3 is 14.4 Å². The number of carbonyl (C=O) groups excluding carboxylic acids is 1. The Kier molecular flexibility index (Phi) is 5.73. The van der Waals surface area contributed by atoms with Gasteiger partial charge in [-0.1, -0.05) is 58.4 Å². The minimum atomic E-state index is -0.965. The SMILES string of the molecule is Cc1onc(C#Cc2nc3nc(C4(C(=O)O)CC4)sc3s2)c1NC(=O)OC(Cl)c1ccccc1. The van der Waals surface area contributed by atoms with E-state index in [1.54, 1.807) is 31.2 Å². The van der Waals surface area contributed by atoms with Crippen LogP contribution in [-0.2, 0) is 14.9 Å². The first-order chi connectivity index (χ1) is 16.4. The van der Waals surface area contributed by atoms with Gasteiger partial charge in [-0.05, 0) is 31.6 Å². The number of alkyl halides is 1. The fraction of sp³-hybridized carbons (Fsp3) is 0.227. The third-order valence-corrected chi connectivity index (χ3v) is 7.83. The zero-order valence-corrected chi connectivity index (χ0v) is 19.9. The van der Waals surface area contributed by atoms with Crippen LogP contribution in [0.1, 0.15) is 45.4 Å². The Bertz CT molecular complexity index is 1430. The van der Waals surface area contributed by atoms with E-state index in [-0.39, 0.29) is 11.4 Å². The fourth-order valence-electron chi connectivity index (χ4n) is 3.16. The number of hydrogen-bond acceptors (Lipinski definition) is 9. The number of rotatable bonds is 5. The minimum Gasteiger partial charge on any atom is -0.481 e. The molecule has 1 saturated carbocycles. The number of aliphatic carboxylic acids is 1. The number of carboxylic acid groups (broad SMARTS) is 1. The summed E-state index contributed by atoms with van der Waals surface area (Å²) in [7, 11) is 0. The maximum absolute atomic E-state index is 12.3. The van der Waals surface area contributed by atoms with Crippen LogP contribution in [-0.4, -0.2) is 32.3 Å².